The highest BCUT2D eigenvalue weighted by molar-refractivity contribution is 6.27. The molecule has 1 aromatic rings. The van der Waals surface area contributed by atoms with Crippen molar-refractivity contribution in [2.24, 2.45) is 0 Å². The summed E-state index contributed by atoms with van der Waals surface area (Å²) in [6.07, 6.45) is 5.37. The molecule has 17 heavy (non-hydrogen) atoms. The summed E-state index contributed by atoms with van der Waals surface area (Å²) < 4.78 is 5.80. The van der Waals surface area contributed by atoms with E-state index >= 15 is 0 Å². The Balaban J connectivity index is 1.92. The van der Waals surface area contributed by atoms with Crippen molar-refractivity contribution in [3.63, 3.8) is 0 Å². The van der Waals surface area contributed by atoms with Gasteiger partial charge in [0, 0.05) is 18.9 Å². The Kier molecular flexibility index (Phi) is 4.20. The van der Waals surface area contributed by atoms with Gasteiger partial charge in [-0.2, -0.15) is 0 Å². The molecule has 1 aromatic heterocycles. The number of aromatic nitrogens is 1. The van der Waals surface area contributed by atoms with E-state index in [2.05, 4.69) is 4.98 Å². The molecule has 0 N–H and O–H groups in total. The van der Waals surface area contributed by atoms with Crippen molar-refractivity contribution in [3.05, 3.63) is 24.5 Å². The molecule has 1 amide bonds. The average molecular weight is 255 g/mol. The summed E-state index contributed by atoms with van der Waals surface area (Å²) in [5.74, 6) is 0.821. The average Bonchev–Trinajstić information content (AvgIpc) is 2.39. The van der Waals surface area contributed by atoms with Gasteiger partial charge in [0.05, 0.1) is 6.54 Å². The number of nitrogens with zero attached hydrogens (tertiary/aromatic N) is 2. The highest BCUT2D eigenvalue weighted by Crippen LogP contribution is 2.17. The Morgan fingerprint density at radius 3 is 3.00 bits per heavy atom. The van der Waals surface area contributed by atoms with Crippen molar-refractivity contribution < 1.29 is 9.53 Å². The standard InChI is InChI=1S/C12H15ClN2O2/c13-8-12(16)15-7-1-2-11(9-15)17-10-3-5-14-6-4-10/h3-6,11H,1-2,7-9H2. The van der Waals surface area contributed by atoms with Gasteiger partial charge < -0.3 is 9.64 Å². The summed E-state index contributed by atoms with van der Waals surface area (Å²) in [5.41, 5.74) is 0. The summed E-state index contributed by atoms with van der Waals surface area (Å²) in [7, 11) is 0. The maximum Gasteiger partial charge on any atom is 0.237 e. The fourth-order valence-electron chi connectivity index (χ4n) is 1.95. The lowest BCUT2D eigenvalue weighted by molar-refractivity contribution is -0.131. The van der Waals surface area contributed by atoms with Gasteiger partial charge in [-0.1, -0.05) is 0 Å². The largest absolute Gasteiger partial charge is 0.488 e. The molecule has 2 heterocycles. The van der Waals surface area contributed by atoms with Crippen molar-refractivity contribution in [3.8, 4) is 5.75 Å². The fourth-order valence-corrected chi connectivity index (χ4v) is 2.12. The van der Waals surface area contributed by atoms with Gasteiger partial charge in [-0.05, 0) is 25.0 Å². The first kappa shape index (κ1) is 12.2. The number of halogens is 1. The zero-order chi connectivity index (χ0) is 12.1. The monoisotopic (exact) mass is 254 g/mol. The van der Waals surface area contributed by atoms with E-state index in [1.165, 1.54) is 0 Å². The summed E-state index contributed by atoms with van der Waals surface area (Å²) >= 11 is 5.55. The number of hydrogen-bond donors (Lipinski definition) is 0. The number of carbonyl (C=O) groups is 1. The molecule has 1 aliphatic rings. The Morgan fingerprint density at radius 1 is 1.53 bits per heavy atom. The number of likely N-dealkylation sites (tertiary alicyclic amines) is 1. The normalized spacial score (nSPS) is 20.1. The van der Waals surface area contributed by atoms with Crippen LogP contribution in [0.4, 0.5) is 0 Å². The van der Waals surface area contributed by atoms with Crippen LogP contribution in [0.15, 0.2) is 24.5 Å². The first-order valence-corrected chi connectivity index (χ1v) is 6.23. The number of amides is 1. The van der Waals surface area contributed by atoms with Crippen LogP contribution in [-0.2, 0) is 4.79 Å². The van der Waals surface area contributed by atoms with Gasteiger partial charge in [0.15, 0.2) is 0 Å². The second kappa shape index (κ2) is 5.87. The lowest BCUT2D eigenvalue weighted by Gasteiger charge is -2.32. The van der Waals surface area contributed by atoms with Gasteiger partial charge in [-0.3, -0.25) is 9.78 Å². The second-order valence-electron chi connectivity index (χ2n) is 4.04. The summed E-state index contributed by atoms with van der Waals surface area (Å²) in [5, 5.41) is 0. The number of carbonyl (C=O) groups excluding carboxylic acids is 1. The SMILES string of the molecule is O=C(CCl)N1CCCC(Oc2ccncc2)C1. The smallest absolute Gasteiger partial charge is 0.237 e. The van der Waals surface area contributed by atoms with Crippen LogP contribution >= 0.6 is 11.6 Å². The van der Waals surface area contributed by atoms with Crippen LogP contribution in [0.1, 0.15) is 12.8 Å². The topological polar surface area (TPSA) is 42.4 Å². The molecule has 4 nitrogen and oxygen atoms in total. The molecule has 1 aliphatic heterocycles. The van der Waals surface area contributed by atoms with Crippen molar-refractivity contribution in [1.29, 1.82) is 0 Å². The molecule has 0 spiro atoms. The zero-order valence-corrected chi connectivity index (χ0v) is 10.3. The Hall–Kier alpha value is -1.29. The van der Waals surface area contributed by atoms with Crippen LogP contribution in [0.2, 0.25) is 0 Å². The third-order valence-corrected chi connectivity index (χ3v) is 3.03. The predicted octanol–water partition coefficient (Wildman–Crippen LogP) is 1.69. The molecule has 0 aliphatic carbocycles. The molecule has 0 saturated carbocycles. The second-order valence-corrected chi connectivity index (χ2v) is 4.31. The van der Waals surface area contributed by atoms with Crippen LogP contribution in [0, 0.1) is 0 Å². The number of pyridine rings is 1. The minimum absolute atomic E-state index is 0.0188. The quantitative estimate of drug-likeness (QED) is 0.771. The molecule has 1 fully saturated rings. The van der Waals surface area contributed by atoms with Crippen LogP contribution in [0.3, 0.4) is 0 Å². The van der Waals surface area contributed by atoms with Gasteiger partial charge in [-0.15, -0.1) is 11.6 Å². The first-order chi connectivity index (χ1) is 8.29. The van der Waals surface area contributed by atoms with E-state index < -0.39 is 0 Å². The molecule has 0 radical (unpaired) electrons. The Labute approximate surface area is 106 Å². The fraction of sp³-hybridized carbons (Fsp3) is 0.500. The Bertz CT molecular complexity index is 372. The number of rotatable bonds is 3. The maximum absolute atomic E-state index is 11.5. The molecule has 1 atom stereocenters. The third kappa shape index (κ3) is 3.33. The zero-order valence-electron chi connectivity index (χ0n) is 9.51. The van der Waals surface area contributed by atoms with E-state index in [9.17, 15) is 4.79 Å². The molecule has 0 aromatic carbocycles. The van der Waals surface area contributed by atoms with Gasteiger partial charge in [0.25, 0.3) is 0 Å². The van der Waals surface area contributed by atoms with E-state index in [0.717, 1.165) is 25.1 Å². The highest BCUT2D eigenvalue weighted by atomic mass is 35.5. The van der Waals surface area contributed by atoms with E-state index in [-0.39, 0.29) is 17.9 Å². The molecule has 92 valence electrons. The lowest BCUT2D eigenvalue weighted by Crippen LogP contribution is -2.44. The van der Waals surface area contributed by atoms with E-state index in [1.54, 1.807) is 17.3 Å². The van der Waals surface area contributed by atoms with Crippen LogP contribution in [-0.4, -0.2) is 40.9 Å². The molecule has 1 saturated heterocycles. The van der Waals surface area contributed by atoms with Gasteiger partial charge in [0.2, 0.25) is 5.91 Å². The first-order valence-electron chi connectivity index (χ1n) is 5.70. The van der Waals surface area contributed by atoms with Gasteiger partial charge in [0.1, 0.15) is 17.7 Å². The maximum atomic E-state index is 11.5. The molecule has 1 unspecified atom stereocenters. The number of ether oxygens (including phenoxy) is 1. The number of hydrogen-bond acceptors (Lipinski definition) is 3. The van der Waals surface area contributed by atoms with E-state index in [4.69, 9.17) is 16.3 Å². The molecule has 2 rings (SSSR count). The van der Waals surface area contributed by atoms with Crippen molar-refractivity contribution in [2.45, 2.75) is 18.9 Å². The number of piperidine rings is 1. The summed E-state index contributed by atoms with van der Waals surface area (Å²) in [6.45, 7) is 1.40. The van der Waals surface area contributed by atoms with Gasteiger partial charge in [-0.25, -0.2) is 0 Å². The Morgan fingerprint density at radius 2 is 2.29 bits per heavy atom. The molecule has 5 heteroatoms. The third-order valence-electron chi connectivity index (χ3n) is 2.80. The minimum Gasteiger partial charge on any atom is -0.488 e. The molecular formula is C12H15ClN2O2. The highest BCUT2D eigenvalue weighted by Gasteiger charge is 2.24. The number of alkyl halides is 1. The van der Waals surface area contributed by atoms with E-state index in [0.29, 0.717) is 6.54 Å². The van der Waals surface area contributed by atoms with Crippen LogP contribution < -0.4 is 4.74 Å². The van der Waals surface area contributed by atoms with Crippen molar-refractivity contribution in [1.82, 2.24) is 9.88 Å². The molecular weight excluding hydrogens is 240 g/mol. The van der Waals surface area contributed by atoms with Crippen molar-refractivity contribution in [2.75, 3.05) is 19.0 Å². The van der Waals surface area contributed by atoms with Crippen LogP contribution in [0.25, 0.3) is 0 Å². The molecule has 0 bridgehead atoms. The van der Waals surface area contributed by atoms with E-state index in [1.807, 2.05) is 12.1 Å². The summed E-state index contributed by atoms with van der Waals surface area (Å²) in [4.78, 5) is 17.2. The predicted molar refractivity (Wildman–Crippen MR) is 65.2 cm³/mol. The van der Waals surface area contributed by atoms with Crippen molar-refractivity contribution >= 4 is 17.5 Å². The van der Waals surface area contributed by atoms with Crippen LogP contribution in [0.5, 0.6) is 5.75 Å². The lowest BCUT2D eigenvalue weighted by atomic mass is 10.1. The minimum atomic E-state index is -0.0188. The summed E-state index contributed by atoms with van der Waals surface area (Å²) in [6, 6.07) is 3.64. The van der Waals surface area contributed by atoms with Gasteiger partial charge >= 0.3 is 0 Å².